The number of carboxylic acid groups (broad SMARTS) is 1. The normalized spacial score (nSPS) is 17.4. The number of nitrogens with one attached hydrogen (secondary N) is 1. The number of benzene rings is 1. The second-order valence-electron chi connectivity index (χ2n) is 6.21. The zero-order chi connectivity index (χ0) is 16.7. The Bertz CT molecular complexity index is 525. The van der Waals surface area contributed by atoms with Crippen LogP contribution in [0.4, 0.5) is 4.79 Å². The number of rotatable bonds is 7. The minimum Gasteiger partial charge on any atom is -0.481 e. The summed E-state index contributed by atoms with van der Waals surface area (Å²) in [5.74, 6) is -0.699. The Balaban J connectivity index is 1.90. The van der Waals surface area contributed by atoms with Crippen molar-refractivity contribution in [3.8, 4) is 0 Å². The van der Waals surface area contributed by atoms with E-state index in [1.807, 2.05) is 37.3 Å². The molecule has 2 N–H and O–H groups in total. The third-order valence-corrected chi connectivity index (χ3v) is 4.95. The van der Waals surface area contributed by atoms with Crippen LogP contribution in [0.2, 0.25) is 0 Å². The van der Waals surface area contributed by atoms with Crippen molar-refractivity contribution >= 4 is 12.1 Å². The van der Waals surface area contributed by atoms with Gasteiger partial charge in [-0.05, 0) is 30.7 Å². The van der Waals surface area contributed by atoms with Crippen LogP contribution >= 0.6 is 0 Å². The number of carbonyl (C=O) groups is 2. The van der Waals surface area contributed by atoms with Gasteiger partial charge in [0.25, 0.3) is 0 Å². The Morgan fingerprint density at radius 1 is 1.26 bits per heavy atom. The predicted octanol–water partition coefficient (Wildman–Crippen LogP) is 3.58. The lowest BCUT2D eigenvalue weighted by Crippen LogP contribution is -2.47. The summed E-state index contributed by atoms with van der Waals surface area (Å²) >= 11 is 0. The number of hydrogen-bond donors (Lipinski definition) is 2. The van der Waals surface area contributed by atoms with Gasteiger partial charge in [-0.15, -0.1) is 0 Å². The Morgan fingerprint density at radius 3 is 2.48 bits per heavy atom. The molecule has 0 unspecified atom stereocenters. The molecule has 0 radical (unpaired) electrons. The molecule has 0 saturated heterocycles. The fourth-order valence-electron chi connectivity index (χ4n) is 3.44. The number of aliphatic carboxylic acids is 1. The summed E-state index contributed by atoms with van der Waals surface area (Å²) in [7, 11) is 0. The van der Waals surface area contributed by atoms with Crippen LogP contribution in [0, 0.1) is 11.3 Å². The smallest absolute Gasteiger partial charge is 0.407 e. The summed E-state index contributed by atoms with van der Waals surface area (Å²) < 4.78 is 5.17. The van der Waals surface area contributed by atoms with Crippen LogP contribution in [-0.2, 0) is 16.1 Å². The summed E-state index contributed by atoms with van der Waals surface area (Å²) in [5.41, 5.74) is 0.0147. The van der Waals surface area contributed by atoms with Gasteiger partial charge in [-0.25, -0.2) is 4.79 Å². The van der Waals surface area contributed by atoms with E-state index in [0.717, 1.165) is 31.2 Å². The van der Waals surface area contributed by atoms with Gasteiger partial charge in [0.2, 0.25) is 0 Å². The van der Waals surface area contributed by atoms with E-state index in [1.54, 1.807) is 0 Å². The van der Waals surface area contributed by atoms with Gasteiger partial charge in [0, 0.05) is 6.54 Å². The molecule has 0 bridgehead atoms. The molecule has 1 aromatic rings. The molecule has 1 saturated carbocycles. The molecule has 5 nitrogen and oxygen atoms in total. The van der Waals surface area contributed by atoms with E-state index in [1.165, 1.54) is 0 Å². The molecule has 126 valence electrons. The molecule has 5 heteroatoms. The Hall–Kier alpha value is -2.04. The van der Waals surface area contributed by atoms with Gasteiger partial charge in [-0.3, -0.25) is 4.79 Å². The summed E-state index contributed by atoms with van der Waals surface area (Å²) in [6.07, 6.45) is 3.91. The van der Waals surface area contributed by atoms with Crippen LogP contribution in [0.25, 0.3) is 0 Å². The largest absolute Gasteiger partial charge is 0.481 e. The first-order valence-corrected chi connectivity index (χ1v) is 8.26. The van der Waals surface area contributed by atoms with Crippen LogP contribution in [0.3, 0.4) is 0 Å². The van der Waals surface area contributed by atoms with Gasteiger partial charge in [-0.2, -0.15) is 0 Å². The molecule has 0 aliphatic heterocycles. The quantitative estimate of drug-likeness (QED) is 0.805. The fourth-order valence-corrected chi connectivity index (χ4v) is 3.44. The average Bonchev–Trinajstić information content (AvgIpc) is 3.09. The van der Waals surface area contributed by atoms with Crippen LogP contribution < -0.4 is 5.32 Å². The van der Waals surface area contributed by atoms with E-state index in [-0.39, 0.29) is 19.1 Å². The molecule has 1 aromatic carbocycles. The monoisotopic (exact) mass is 319 g/mol. The lowest BCUT2D eigenvalue weighted by Gasteiger charge is -2.34. The van der Waals surface area contributed by atoms with Gasteiger partial charge in [-0.1, -0.05) is 50.1 Å². The zero-order valence-electron chi connectivity index (χ0n) is 13.6. The highest BCUT2D eigenvalue weighted by molar-refractivity contribution is 5.77. The van der Waals surface area contributed by atoms with Crippen molar-refractivity contribution in [3.05, 3.63) is 35.9 Å². The van der Waals surface area contributed by atoms with Crippen molar-refractivity contribution in [2.45, 2.75) is 45.6 Å². The number of carbonyl (C=O) groups excluding carboxylic acids is 1. The third kappa shape index (κ3) is 4.24. The van der Waals surface area contributed by atoms with Gasteiger partial charge in [0.05, 0.1) is 5.41 Å². The van der Waals surface area contributed by atoms with E-state index in [2.05, 4.69) is 5.32 Å². The van der Waals surface area contributed by atoms with Crippen LogP contribution in [0.1, 0.15) is 44.6 Å². The maximum atomic E-state index is 11.9. The van der Waals surface area contributed by atoms with Gasteiger partial charge < -0.3 is 15.2 Å². The molecule has 0 spiro atoms. The Morgan fingerprint density at radius 2 is 1.91 bits per heavy atom. The first kappa shape index (κ1) is 17.3. The molecule has 1 aliphatic rings. The third-order valence-electron chi connectivity index (χ3n) is 4.95. The Labute approximate surface area is 137 Å². The van der Waals surface area contributed by atoms with Crippen molar-refractivity contribution in [3.63, 3.8) is 0 Å². The van der Waals surface area contributed by atoms with E-state index in [9.17, 15) is 14.7 Å². The van der Waals surface area contributed by atoms with Crippen LogP contribution in [0.5, 0.6) is 0 Å². The van der Waals surface area contributed by atoms with Crippen LogP contribution in [-0.4, -0.2) is 23.7 Å². The highest BCUT2D eigenvalue weighted by Crippen LogP contribution is 2.42. The summed E-state index contributed by atoms with van der Waals surface area (Å²) in [4.78, 5) is 23.7. The van der Waals surface area contributed by atoms with Gasteiger partial charge in [0.1, 0.15) is 6.61 Å². The van der Waals surface area contributed by atoms with Gasteiger partial charge in [0.15, 0.2) is 0 Å². The summed E-state index contributed by atoms with van der Waals surface area (Å²) in [6.45, 7) is 2.18. The van der Waals surface area contributed by atoms with E-state index < -0.39 is 17.5 Å². The summed E-state index contributed by atoms with van der Waals surface area (Å²) in [5, 5.41) is 12.4. The number of alkyl carbamates (subject to hydrolysis) is 1. The Kier molecular flexibility index (Phi) is 6.02. The number of amides is 1. The lowest BCUT2D eigenvalue weighted by atomic mass is 9.72. The predicted molar refractivity (Wildman–Crippen MR) is 86.9 cm³/mol. The maximum absolute atomic E-state index is 11.9. The minimum atomic E-state index is -0.887. The standard InChI is InChI=1S/C18H25NO4/c1-2-18(16(20)21,15-10-6-7-11-15)13-19-17(22)23-12-14-8-4-3-5-9-14/h3-5,8-9,15H,2,6-7,10-13H2,1H3,(H,19,22)(H,20,21)/t18-/m0/s1. The minimum absolute atomic E-state index is 0.122. The second kappa shape index (κ2) is 7.99. The number of ether oxygens (including phenoxy) is 1. The van der Waals surface area contributed by atoms with Crippen molar-refractivity contribution in [1.29, 1.82) is 0 Å². The maximum Gasteiger partial charge on any atom is 0.407 e. The highest BCUT2D eigenvalue weighted by atomic mass is 16.5. The molecule has 0 aromatic heterocycles. The topological polar surface area (TPSA) is 75.6 Å². The average molecular weight is 319 g/mol. The lowest BCUT2D eigenvalue weighted by molar-refractivity contribution is -0.152. The molecule has 1 aliphatic carbocycles. The van der Waals surface area contributed by atoms with Crippen molar-refractivity contribution in [2.75, 3.05) is 6.54 Å². The van der Waals surface area contributed by atoms with E-state index in [0.29, 0.717) is 6.42 Å². The highest BCUT2D eigenvalue weighted by Gasteiger charge is 2.45. The molecule has 1 atom stereocenters. The fraction of sp³-hybridized carbons (Fsp3) is 0.556. The first-order valence-electron chi connectivity index (χ1n) is 8.26. The van der Waals surface area contributed by atoms with Crippen molar-refractivity contribution < 1.29 is 19.4 Å². The number of carboxylic acids is 1. The SMILES string of the molecule is CC[C@@](CNC(=O)OCc1ccccc1)(C(=O)O)C1CCCC1. The van der Waals surface area contributed by atoms with Crippen molar-refractivity contribution in [2.24, 2.45) is 11.3 Å². The second-order valence-corrected chi connectivity index (χ2v) is 6.21. The first-order chi connectivity index (χ1) is 11.1. The molecular weight excluding hydrogens is 294 g/mol. The molecule has 23 heavy (non-hydrogen) atoms. The van der Waals surface area contributed by atoms with Crippen LogP contribution in [0.15, 0.2) is 30.3 Å². The summed E-state index contributed by atoms with van der Waals surface area (Å²) in [6, 6.07) is 9.40. The van der Waals surface area contributed by atoms with E-state index in [4.69, 9.17) is 4.74 Å². The van der Waals surface area contributed by atoms with E-state index >= 15 is 0 Å². The molecular formula is C18H25NO4. The zero-order valence-corrected chi connectivity index (χ0v) is 13.6. The molecule has 1 amide bonds. The molecule has 0 heterocycles. The molecule has 1 fully saturated rings. The number of hydrogen-bond acceptors (Lipinski definition) is 3. The molecule has 2 rings (SSSR count). The van der Waals surface area contributed by atoms with Crippen molar-refractivity contribution in [1.82, 2.24) is 5.32 Å². The van der Waals surface area contributed by atoms with Gasteiger partial charge >= 0.3 is 12.1 Å².